The first-order valence-electron chi connectivity index (χ1n) is 5.95. The van der Waals surface area contributed by atoms with Crippen LogP contribution in [0.2, 0.25) is 0 Å². The highest BCUT2D eigenvalue weighted by molar-refractivity contribution is 5.83. The molecule has 1 rings (SSSR count). The maximum atomic E-state index is 11.6. The highest BCUT2D eigenvalue weighted by Gasteiger charge is 2.23. The first-order valence-corrected chi connectivity index (χ1v) is 5.95. The molecule has 0 radical (unpaired) electrons. The van der Waals surface area contributed by atoms with Gasteiger partial charge in [-0.3, -0.25) is 4.79 Å². The van der Waals surface area contributed by atoms with Crippen LogP contribution in [-0.4, -0.2) is 35.3 Å². The summed E-state index contributed by atoms with van der Waals surface area (Å²) < 4.78 is 9.78. The average Bonchev–Trinajstić information content (AvgIpc) is 2.80. The molecule has 0 aliphatic heterocycles. The number of aromatic nitrogens is 1. The van der Waals surface area contributed by atoms with Crippen LogP contribution in [0.3, 0.4) is 0 Å². The fourth-order valence-electron chi connectivity index (χ4n) is 1.50. The van der Waals surface area contributed by atoms with Crippen molar-refractivity contribution in [1.82, 2.24) is 10.5 Å². The van der Waals surface area contributed by atoms with Gasteiger partial charge in [-0.25, -0.2) is 4.79 Å². The van der Waals surface area contributed by atoms with E-state index in [-0.39, 0.29) is 18.2 Å². The first kappa shape index (κ1) is 15.0. The van der Waals surface area contributed by atoms with Crippen LogP contribution < -0.4 is 10.1 Å². The summed E-state index contributed by atoms with van der Waals surface area (Å²) in [5.41, 5.74) is 0. The fourth-order valence-corrected chi connectivity index (χ4v) is 1.50. The zero-order valence-electron chi connectivity index (χ0n) is 11.2. The zero-order chi connectivity index (χ0) is 14.4. The van der Waals surface area contributed by atoms with Gasteiger partial charge in [-0.2, -0.15) is 0 Å². The summed E-state index contributed by atoms with van der Waals surface area (Å²) in [6, 6.07) is 0.710. The SMILES string of the molecule is COc1cc(CCC(=O)N[C@@H](C(=O)O)C(C)C)on1. The smallest absolute Gasteiger partial charge is 0.326 e. The number of methoxy groups -OCH3 is 1. The summed E-state index contributed by atoms with van der Waals surface area (Å²) in [5, 5.41) is 15.0. The number of aryl methyl sites for hydroxylation is 1. The van der Waals surface area contributed by atoms with Gasteiger partial charge in [-0.15, -0.1) is 0 Å². The molecule has 0 aromatic carbocycles. The van der Waals surface area contributed by atoms with Crippen molar-refractivity contribution in [3.63, 3.8) is 0 Å². The molecule has 0 saturated heterocycles. The molecule has 1 atom stereocenters. The van der Waals surface area contributed by atoms with E-state index >= 15 is 0 Å². The number of nitrogens with one attached hydrogen (secondary N) is 1. The lowest BCUT2D eigenvalue weighted by Gasteiger charge is -2.17. The summed E-state index contributed by atoms with van der Waals surface area (Å²) in [6.07, 6.45) is 0.474. The Hall–Kier alpha value is -2.05. The molecule has 0 aliphatic rings. The molecular formula is C12H18N2O5. The van der Waals surface area contributed by atoms with Crippen LogP contribution in [0, 0.1) is 5.92 Å². The van der Waals surface area contributed by atoms with Gasteiger partial charge in [0.25, 0.3) is 5.88 Å². The lowest BCUT2D eigenvalue weighted by molar-refractivity contribution is -0.143. The van der Waals surface area contributed by atoms with Crippen molar-refractivity contribution in [3.05, 3.63) is 11.8 Å². The van der Waals surface area contributed by atoms with E-state index < -0.39 is 12.0 Å². The number of carboxylic acid groups (broad SMARTS) is 1. The van der Waals surface area contributed by atoms with Crippen molar-refractivity contribution >= 4 is 11.9 Å². The number of amides is 1. The van der Waals surface area contributed by atoms with Crippen molar-refractivity contribution < 1.29 is 24.0 Å². The van der Waals surface area contributed by atoms with E-state index in [2.05, 4.69) is 10.5 Å². The summed E-state index contributed by atoms with van der Waals surface area (Å²) >= 11 is 0. The standard InChI is InChI=1S/C12H18N2O5/c1-7(2)11(12(16)17)13-9(15)5-4-8-6-10(18-3)14-19-8/h6-7,11H,4-5H2,1-3H3,(H,13,15)(H,16,17)/t11-/m1/s1. The number of hydrogen-bond donors (Lipinski definition) is 2. The topological polar surface area (TPSA) is 102 Å². The van der Waals surface area contributed by atoms with E-state index in [9.17, 15) is 9.59 Å². The molecule has 7 nitrogen and oxygen atoms in total. The van der Waals surface area contributed by atoms with Gasteiger partial charge in [-0.05, 0) is 11.1 Å². The Bertz CT molecular complexity index is 441. The quantitative estimate of drug-likeness (QED) is 0.761. The minimum Gasteiger partial charge on any atom is -0.480 e. The zero-order valence-corrected chi connectivity index (χ0v) is 11.2. The highest BCUT2D eigenvalue weighted by atomic mass is 16.5. The molecule has 1 aromatic rings. The molecule has 2 N–H and O–H groups in total. The van der Waals surface area contributed by atoms with Crippen LogP contribution in [0.25, 0.3) is 0 Å². The van der Waals surface area contributed by atoms with Gasteiger partial charge in [0.2, 0.25) is 5.91 Å². The molecule has 19 heavy (non-hydrogen) atoms. The molecule has 0 fully saturated rings. The second kappa shape index (κ2) is 6.77. The normalized spacial score (nSPS) is 12.2. The van der Waals surface area contributed by atoms with Crippen LogP contribution >= 0.6 is 0 Å². The number of carboxylic acids is 1. The number of carbonyl (C=O) groups excluding carboxylic acids is 1. The molecular weight excluding hydrogens is 252 g/mol. The Labute approximate surface area is 110 Å². The molecule has 0 spiro atoms. The third-order valence-electron chi connectivity index (χ3n) is 2.59. The van der Waals surface area contributed by atoms with E-state index in [0.29, 0.717) is 18.1 Å². The van der Waals surface area contributed by atoms with Crippen molar-refractivity contribution in [2.45, 2.75) is 32.7 Å². The first-order chi connectivity index (χ1) is 8.93. The van der Waals surface area contributed by atoms with Crippen LogP contribution in [0.5, 0.6) is 5.88 Å². The lowest BCUT2D eigenvalue weighted by Crippen LogP contribution is -2.44. The average molecular weight is 270 g/mol. The van der Waals surface area contributed by atoms with Crippen molar-refractivity contribution in [3.8, 4) is 5.88 Å². The molecule has 1 amide bonds. The molecule has 1 aromatic heterocycles. The van der Waals surface area contributed by atoms with Crippen LogP contribution in [0.1, 0.15) is 26.0 Å². The van der Waals surface area contributed by atoms with Crippen molar-refractivity contribution in [2.75, 3.05) is 7.11 Å². The van der Waals surface area contributed by atoms with E-state index in [1.54, 1.807) is 19.9 Å². The van der Waals surface area contributed by atoms with Gasteiger partial charge in [0.15, 0.2) is 0 Å². The monoisotopic (exact) mass is 270 g/mol. The predicted molar refractivity (Wildman–Crippen MR) is 65.8 cm³/mol. The van der Waals surface area contributed by atoms with Crippen molar-refractivity contribution in [2.24, 2.45) is 5.92 Å². The second-order valence-electron chi connectivity index (χ2n) is 4.46. The molecule has 7 heteroatoms. The highest BCUT2D eigenvalue weighted by Crippen LogP contribution is 2.12. The van der Waals surface area contributed by atoms with Crippen LogP contribution in [0.15, 0.2) is 10.6 Å². The number of rotatable bonds is 7. The Kier molecular flexibility index (Phi) is 5.35. The third kappa shape index (κ3) is 4.61. The molecule has 1 heterocycles. The van der Waals surface area contributed by atoms with Gasteiger partial charge >= 0.3 is 5.97 Å². The minimum atomic E-state index is -1.04. The molecule has 0 aliphatic carbocycles. The van der Waals surface area contributed by atoms with Crippen molar-refractivity contribution in [1.29, 1.82) is 0 Å². The maximum absolute atomic E-state index is 11.6. The minimum absolute atomic E-state index is 0.134. The molecule has 0 bridgehead atoms. The largest absolute Gasteiger partial charge is 0.480 e. The Morgan fingerprint density at radius 1 is 1.53 bits per heavy atom. The van der Waals surface area contributed by atoms with Gasteiger partial charge in [0, 0.05) is 18.9 Å². The number of ether oxygens (including phenoxy) is 1. The molecule has 0 unspecified atom stereocenters. The van der Waals surface area contributed by atoms with E-state index in [1.165, 1.54) is 7.11 Å². The number of aliphatic carboxylic acids is 1. The Balaban J connectivity index is 2.44. The number of nitrogens with zero attached hydrogens (tertiary/aromatic N) is 1. The van der Waals surface area contributed by atoms with Gasteiger partial charge < -0.3 is 19.7 Å². The fraction of sp³-hybridized carbons (Fsp3) is 0.583. The summed E-state index contributed by atoms with van der Waals surface area (Å²) in [7, 11) is 1.47. The van der Waals surface area contributed by atoms with Crippen LogP contribution in [0.4, 0.5) is 0 Å². The van der Waals surface area contributed by atoms with Gasteiger partial charge in [0.05, 0.1) is 7.11 Å². The van der Waals surface area contributed by atoms with Gasteiger partial charge in [-0.1, -0.05) is 13.8 Å². The Morgan fingerprint density at radius 3 is 2.68 bits per heavy atom. The van der Waals surface area contributed by atoms with Gasteiger partial charge in [0.1, 0.15) is 11.8 Å². The number of hydrogen-bond acceptors (Lipinski definition) is 5. The maximum Gasteiger partial charge on any atom is 0.326 e. The Morgan fingerprint density at radius 2 is 2.21 bits per heavy atom. The molecule has 0 saturated carbocycles. The lowest BCUT2D eigenvalue weighted by atomic mass is 10.0. The second-order valence-corrected chi connectivity index (χ2v) is 4.46. The van der Waals surface area contributed by atoms with E-state index in [4.69, 9.17) is 14.4 Å². The third-order valence-corrected chi connectivity index (χ3v) is 2.59. The van der Waals surface area contributed by atoms with E-state index in [0.717, 1.165) is 0 Å². The summed E-state index contributed by atoms with van der Waals surface area (Å²) in [6.45, 7) is 3.47. The van der Waals surface area contributed by atoms with Crippen LogP contribution in [-0.2, 0) is 16.0 Å². The number of carbonyl (C=O) groups is 2. The summed E-state index contributed by atoms with van der Waals surface area (Å²) in [5.74, 6) is -0.683. The molecule has 106 valence electrons. The predicted octanol–water partition coefficient (Wildman–Crippen LogP) is 0.841. The van der Waals surface area contributed by atoms with E-state index in [1.807, 2.05) is 0 Å². The summed E-state index contributed by atoms with van der Waals surface area (Å²) in [4.78, 5) is 22.6.